The van der Waals surface area contributed by atoms with Crippen LogP contribution in [0.2, 0.25) is 0 Å². The fourth-order valence-electron chi connectivity index (χ4n) is 1.47. The Bertz CT molecular complexity index is 463. The average Bonchev–Trinajstić information content (AvgIpc) is 2.38. The Labute approximate surface area is 116 Å². The molecule has 1 rings (SSSR count). The maximum Gasteiger partial charge on any atom is 0.225 e. The number of methoxy groups -OCH3 is 1. The summed E-state index contributed by atoms with van der Waals surface area (Å²) in [5.74, 6) is 0.650. The number of benzene rings is 1. The summed E-state index contributed by atoms with van der Waals surface area (Å²) in [4.78, 5) is 11.7. The predicted molar refractivity (Wildman–Crippen MR) is 78.6 cm³/mol. The normalized spacial score (nSPS) is 12.1. The lowest BCUT2D eigenvalue weighted by Crippen LogP contribution is -2.17. The van der Waals surface area contributed by atoms with Crippen LogP contribution in [0.1, 0.15) is 12.0 Å². The topological polar surface area (TPSA) is 81.4 Å². The molecule has 106 valence electrons. The second kappa shape index (κ2) is 7.91. The van der Waals surface area contributed by atoms with Gasteiger partial charge in [0.15, 0.2) is 0 Å². The van der Waals surface area contributed by atoms with Crippen LogP contribution >= 0.6 is 0 Å². The molecular weight excluding hydrogens is 264 g/mol. The molecule has 5 nitrogen and oxygen atoms in total. The Balaban J connectivity index is 2.43. The van der Waals surface area contributed by atoms with Gasteiger partial charge < -0.3 is 15.8 Å². The molecule has 0 saturated heterocycles. The van der Waals surface area contributed by atoms with Gasteiger partial charge in [0.1, 0.15) is 0 Å². The van der Waals surface area contributed by atoms with Crippen molar-refractivity contribution in [3.8, 4) is 0 Å². The molecule has 19 heavy (non-hydrogen) atoms. The average molecular weight is 284 g/mol. The number of nitrogens with two attached hydrogens (primary N) is 1. The molecule has 0 saturated carbocycles. The number of nitrogen functional groups attached to an aromatic ring is 1. The highest BCUT2D eigenvalue weighted by Gasteiger charge is 2.07. The molecule has 1 aromatic carbocycles. The Morgan fingerprint density at radius 1 is 1.42 bits per heavy atom. The monoisotopic (exact) mass is 284 g/mol. The minimum atomic E-state index is -1.02. The van der Waals surface area contributed by atoms with E-state index in [9.17, 15) is 9.00 Å². The van der Waals surface area contributed by atoms with E-state index in [4.69, 9.17) is 10.5 Å². The summed E-state index contributed by atoms with van der Waals surface area (Å²) < 4.78 is 16.3. The van der Waals surface area contributed by atoms with E-state index in [1.165, 1.54) is 0 Å². The molecule has 6 heteroatoms. The van der Waals surface area contributed by atoms with E-state index in [2.05, 4.69) is 5.32 Å². The maximum absolute atomic E-state index is 11.7. The highest BCUT2D eigenvalue weighted by Crippen LogP contribution is 2.18. The molecule has 0 heterocycles. The van der Waals surface area contributed by atoms with Crippen molar-refractivity contribution in [2.45, 2.75) is 13.3 Å². The van der Waals surface area contributed by atoms with Crippen molar-refractivity contribution < 1.29 is 13.7 Å². The van der Waals surface area contributed by atoms with Gasteiger partial charge in [0.2, 0.25) is 5.91 Å². The summed E-state index contributed by atoms with van der Waals surface area (Å²) in [6, 6.07) is 5.35. The maximum atomic E-state index is 11.7. The molecule has 0 radical (unpaired) electrons. The Hall–Kier alpha value is -1.40. The van der Waals surface area contributed by atoms with Crippen LogP contribution in [-0.4, -0.2) is 35.3 Å². The van der Waals surface area contributed by atoms with E-state index in [1.54, 1.807) is 19.2 Å². The SMILES string of the molecule is COCCS(=O)CCC(=O)Nc1cc(N)ccc1C. The van der Waals surface area contributed by atoms with Crippen LogP contribution in [0.3, 0.4) is 0 Å². The van der Waals surface area contributed by atoms with E-state index in [0.717, 1.165) is 5.56 Å². The largest absolute Gasteiger partial charge is 0.399 e. The second-order valence-electron chi connectivity index (χ2n) is 4.21. The first kappa shape index (κ1) is 15.7. The summed E-state index contributed by atoms with van der Waals surface area (Å²) in [7, 11) is 0.543. The van der Waals surface area contributed by atoms with Gasteiger partial charge in [-0.05, 0) is 24.6 Å². The van der Waals surface area contributed by atoms with Crippen LogP contribution in [0.5, 0.6) is 0 Å². The molecule has 0 aliphatic heterocycles. The van der Waals surface area contributed by atoms with Crippen molar-refractivity contribution in [1.82, 2.24) is 0 Å². The fraction of sp³-hybridized carbons (Fsp3) is 0.462. The van der Waals surface area contributed by atoms with Crippen molar-refractivity contribution in [3.63, 3.8) is 0 Å². The fourth-order valence-corrected chi connectivity index (χ4v) is 2.44. The van der Waals surface area contributed by atoms with Gasteiger partial charge in [-0.3, -0.25) is 9.00 Å². The quantitative estimate of drug-likeness (QED) is 0.739. The number of aryl methyl sites for hydroxylation is 1. The predicted octanol–water partition coefficient (Wildman–Crippen LogP) is 1.30. The molecule has 1 unspecified atom stereocenters. The number of carbonyl (C=O) groups is 1. The molecule has 0 aromatic heterocycles. The van der Waals surface area contributed by atoms with Crippen LogP contribution in [0, 0.1) is 6.92 Å². The van der Waals surface area contributed by atoms with Crippen LogP contribution in [0.4, 0.5) is 11.4 Å². The lowest BCUT2D eigenvalue weighted by Gasteiger charge is -2.09. The van der Waals surface area contributed by atoms with Crippen LogP contribution in [-0.2, 0) is 20.3 Å². The molecule has 0 fully saturated rings. The number of amides is 1. The summed E-state index contributed by atoms with van der Waals surface area (Å²) in [6.45, 7) is 2.34. The third kappa shape index (κ3) is 5.85. The standard InChI is InChI=1S/C13H20N2O3S/c1-10-3-4-11(14)9-12(10)15-13(16)5-7-19(17)8-6-18-2/h3-4,9H,5-8,14H2,1-2H3,(H,15,16). The molecule has 3 N–H and O–H groups in total. The third-order valence-electron chi connectivity index (χ3n) is 2.61. The number of nitrogens with one attached hydrogen (secondary N) is 1. The lowest BCUT2D eigenvalue weighted by molar-refractivity contribution is -0.115. The van der Waals surface area contributed by atoms with Gasteiger partial charge in [0.25, 0.3) is 0 Å². The highest BCUT2D eigenvalue weighted by atomic mass is 32.2. The van der Waals surface area contributed by atoms with Crippen molar-refractivity contribution in [3.05, 3.63) is 23.8 Å². The van der Waals surface area contributed by atoms with Crippen molar-refractivity contribution in [2.75, 3.05) is 36.3 Å². The first-order chi connectivity index (χ1) is 9.02. The molecule has 0 aliphatic rings. The number of ether oxygens (including phenoxy) is 1. The zero-order valence-electron chi connectivity index (χ0n) is 11.3. The summed E-state index contributed by atoms with van der Waals surface area (Å²) in [5.41, 5.74) is 7.92. The summed E-state index contributed by atoms with van der Waals surface area (Å²) >= 11 is 0. The molecule has 1 aromatic rings. The van der Waals surface area contributed by atoms with Crippen molar-refractivity contribution in [1.29, 1.82) is 0 Å². The summed E-state index contributed by atoms with van der Waals surface area (Å²) in [6.07, 6.45) is 0.227. The zero-order chi connectivity index (χ0) is 14.3. The van der Waals surface area contributed by atoms with Gasteiger partial charge in [0, 0.05) is 47.2 Å². The summed E-state index contributed by atoms with van der Waals surface area (Å²) in [5, 5.41) is 2.78. The number of carbonyl (C=O) groups excluding carboxylic acids is 1. The Kier molecular flexibility index (Phi) is 6.52. The van der Waals surface area contributed by atoms with Crippen molar-refractivity contribution >= 4 is 28.1 Å². The lowest BCUT2D eigenvalue weighted by atomic mass is 10.2. The molecule has 0 aliphatic carbocycles. The van der Waals surface area contributed by atoms with E-state index in [-0.39, 0.29) is 12.3 Å². The number of hydrogen-bond acceptors (Lipinski definition) is 4. The Morgan fingerprint density at radius 2 is 2.16 bits per heavy atom. The number of hydrogen-bond donors (Lipinski definition) is 2. The Morgan fingerprint density at radius 3 is 2.84 bits per heavy atom. The van der Waals surface area contributed by atoms with Gasteiger partial charge >= 0.3 is 0 Å². The minimum absolute atomic E-state index is 0.153. The molecular formula is C13H20N2O3S. The molecule has 0 spiro atoms. The van der Waals surface area contributed by atoms with E-state index >= 15 is 0 Å². The second-order valence-corrected chi connectivity index (χ2v) is 5.91. The van der Waals surface area contributed by atoms with Gasteiger partial charge in [-0.2, -0.15) is 0 Å². The van der Waals surface area contributed by atoms with E-state index < -0.39 is 10.8 Å². The van der Waals surface area contributed by atoms with Crippen LogP contribution in [0.15, 0.2) is 18.2 Å². The minimum Gasteiger partial charge on any atom is -0.399 e. The smallest absolute Gasteiger partial charge is 0.225 e. The number of anilines is 2. The third-order valence-corrected chi connectivity index (χ3v) is 3.89. The zero-order valence-corrected chi connectivity index (χ0v) is 12.1. The van der Waals surface area contributed by atoms with Gasteiger partial charge in [-0.25, -0.2) is 0 Å². The molecule has 1 amide bonds. The van der Waals surface area contributed by atoms with Gasteiger partial charge in [0.05, 0.1) is 6.61 Å². The molecule has 1 atom stereocenters. The first-order valence-corrected chi connectivity index (χ1v) is 7.51. The van der Waals surface area contributed by atoms with Gasteiger partial charge in [-0.15, -0.1) is 0 Å². The highest BCUT2D eigenvalue weighted by molar-refractivity contribution is 7.85. The van der Waals surface area contributed by atoms with Crippen LogP contribution < -0.4 is 11.1 Å². The molecule has 0 bridgehead atoms. The van der Waals surface area contributed by atoms with Crippen LogP contribution in [0.25, 0.3) is 0 Å². The van der Waals surface area contributed by atoms with E-state index in [0.29, 0.717) is 29.5 Å². The first-order valence-electron chi connectivity index (χ1n) is 6.03. The van der Waals surface area contributed by atoms with Crippen molar-refractivity contribution in [2.24, 2.45) is 0 Å². The number of rotatable bonds is 7. The van der Waals surface area contributed by atoms with E-state index in [1.807, 2.05) is 13.0 Å². The van der Waals surface area contributed by atoms with Gasteiger partial charge in [-0.1, -0.05) is 6.07 Å².